The van der Waals surface area contributed by atoms with E-state index in [1.165, 1.54) is 21.1 Å². The molecule has 0 aliphatic heterocycles. The number of esters is 1. The Morgan fingerprint density at radius 3 is 2.71 bits per heavy atom. The van der Waals surface area contributed by atoms with Gasteiger partial charge in [0.05, 0.1) is 13.2 Å². The Balaban J connectivity index is 2.16. The molecule has 1 aromatic carbocycles. The minimum atomic E-state index is -3.67. The first-order chi connectivity index (χ1) is 13.5. The molecule has 0 unspecified atom stereocenters. The van der Waals surface area contributed by atoms with Crippen molar-refractivity contribution in [3.8, 4) is 0 Å². The lowest BCUT2D eigenvalue weighted by atomic mass is 10.2. The van der Waals surface area contributed by atoms with Gasteiger partial charge in [0.25, 0.3) is 0 Å². The second kappa shape index (κ2) is 11.1. The van der Waals surface area contributed by atoms with E-state index in [1.807, 2.05) is 30.3 Å². The van der Waals surface area contributed by atoms with E-state index < -0.39 is 16.0 Å². The highest BCUT2D eigenvalue weighted by Crippen LogP contribution is 2.17. The SMILES string of the molecule is CCOC(=O)c1csc(CN(CCCOC)S(=O)(=O)C=Cc2ccccc2)n1. The van der Waals surface area contributed by atoms with Crippen molar-refractivity contribution >= 4 is 33.4 Å². The summed E-state index contributed by atoms with van der Waals surface area (Å²) in [6.45, 7) is 2.78. The number of ether oxygens (including phenoxy) is 2. The fourth-order valence-corrected chi connectivity index (χ4v) is 4.38. The van der Waals surface area contributed by atoms with Crippen LogP contribution in [-0.2, 0) is 26.0 Å². The van der Waals surface area contributed by atoms with E-state index in [2.05, 4.69) is 4.98 Å². The molecule has 0 aliphatic carbocycles. The quantitative estimate of drug-likeness (QED) is 0.407. The van der Waals surface area contributed by atoms with Crippen molar-refractivity contribution < 1.29 is 22.7 Å². The van der Waals surface area contributed by atoms with Gasteiger partial charge in [-0.05, 0) is 25.0 Å². The molecular weight excluding hydrogens is 400 g/mol. The lowest BCUT2D eigenvalue weighted by molar-refractivity contribution is 0.0520. The van der Waals surface area contributed by atoms with Crippen LogP contribution in [0.15, 0.2) is 41.1 Å². The molecule has 0 N–H and O–H groups in total. The Kier molecular flexibility index (Phi) is 8.78. The summed E-state index contributed by atoms with van der Waals surface area (Å²) >= 11 is 1.23. The zero-order chi connectivity index (χ0) is 20.4. The van der Waals surface area contributed by atoms with Gasteiger partial charge in [0, 0.05) is 31.0 Å². The summed E-state index contributed by atoms with van der Waals surface area (Å²) in [5.74, 6) is -0.511. The first kappa shape index (κ1) is 22.2. The van der Waals surface area contributed by atoms with E-state index in [0.29, 0.717) is 18.0 Å². The van der Waals surface area contributed by atoms with Gasteiger partial charge in [-0.2, -0.15) is 4.31 Å². The van der Waals surface area contributed by atoms with Crippen LogP contribution < -0.4 is 0 Å². The summed E-state index contributed by atoms with van der Waals surface area (Å²) in [5.41, 5.74) is 0.984. The molecule has 0 amide bonds. The third-order valence-corrected chi connectivity index (χ3v) is 6.04. The molecule has 9 heteroatoms. The molecule has 152 valence electrons. The van der Waals surface area contributed by atoms with Crippen molar-refractivity contribution in [2.75, 3.05) is 26.9 Å². The van der Waals surface area contributed by atoms with Crippen LogP contribution in [0.25, 0.3) is 6.08 Å². The monoisotopic (exact) mass is 424 g/mol. The summed E-state index contributed by atoms with van der Waals surface area (Å²) in [6.07, 6.45) is 2.11. The number of hydrogen-bond donors (Lipinski definition) is 0. The van der Waals surface area contributed by atoms with Crippen LogP contribution >= 0.6 is 11.3 Å². The second-order valence-corrected chi connectivity index (χ2v) is 8.55. The predicted octanol–water partition coefficient (Wildman–Crippen LogP) is 3.16. The molecule has 0 saturated carbocycles. The lowest BCUT2D eigenvalue weighted by Gasteiger charge is -2.19. The average molecular weight is 425 g/mol. The van der Waals surface area contributed by atoms with Gasteiger partial charge in [0.1, 0.15) is 5.01 Å². The van der Waals surface area contributed by atoms with Crippen molar-refractivity contribution in [3.05, 3.63) is 57.4 Å². The number of methoxy groups -OCH3 is 1. The highest BCUT2D eigenvalue weighted by Gasteiger charge is 2.22. The zero-order valence-electron chi connectivity index (χ0n) is 15.9. The van der Waals surface area contributed by atoms with Crippen molar-refractivity contribution in [2.45, 2.75) is 19.9 Å². The van der Waals surface area contributed by atoms with Crippen LogP contribution in [0.2, 0.25) is 0 Å². The molecule has 0 bridgehead atoms. The van der Waals surface area contributed by atoms with Crippen molar-refractivity contribution in [3.63, 3.8) is 0 Å². The summed E-state index contributed by atoms with van der Waals surface area (Å²) in [5, 5.41) is 3.29. The van der Waals surface area contributed by atoms with Crippen molar-refractivity contribution in [1.82, 2.24) is 9.29 Å². The molecule has 1 heterocycles. The summed E-state index contributed by atoms with van der Waals surface area (Å²) in [4.78, 5) is 16.0. The molecule has 28 heavy (non-hydrogen) atoms. The normalized spacial score (nSPS) is 12.0. The van der Waals surface area contributed by atoms with Gasteiger partial charge in [-0.1, -0.05) is 30.3 Å². The van der Waals surface area contributed by atoms with Gasteiger partial charge in [-0.3, -0.25) is 0 Å². The van der Waals surface area contributed by atoms with Crippen LogP contribution in [0.3, 0.4) is 0 Å². The third-order valence-electron chi connectivity index (χ3n) is 3.70. The molecule has 2 rings (SSSR count). The highest BCUT2D eigenvalue weighted by molar-refractivity contribution is 7.92. The Hall–Kier alpha value is -2.07. The van der Waals surface area contributed by atoms with Crippen molar-refractivity contribution in [1.29, 1.82) is 0 Å². The van der Waals surface area contributed by atoms with Gasteiger partial charge in [-0.25, -0.2) is 18.2 Å². The molecule has 0 aliphatic rings. The maximum atomic E-state index is 12.8. The molecule has 0 saturated heterocycles. The van der Waals surface area contributed by atoms with E-state index in [1.54, 1.807) is 25.5 Å². The maximum absolute atomic E-state index is 12.8. The Bertz CT molecular complexity index is 879. The Morgan fingerprint density at radius 1 is 1.29 bits per heavy atom. The minimum absolute atomic E-state index is 0.0786. The van der Waals surface area contributed by atoms with Gasteiger partial charge >= 0.3 is 5.97 Å². The molecule has 7 nitrogen and oxygen atoms in total. The van der Waals surface area contributed by atoms with Gasteiger partial charge in [-0.15, -0.1) is 11.3 Å². The first-order valence-corrected chi connectivity index (χ1v) is 11.2. The highest BCUT2D eigenvalue weighted by atomic mass is 32.2. The third kappa shape index (κ3) is 6.83. The van der Waals surface area contributed by atoms with E-state index in [0.717, 1.165) is 5.56 Å². The Labute approximate surface area is 169 Å². The lowest BCUT2D eigenvalue weighted by Crippen LogP contribution is -2.30. The molecule has 0 atom stereocenters. The largest absolute Gasteiger partial charge is 0.461 e. The second-order valence-electron chi connectivity index (χ2n) is 5.79. The molecule has 0 spiro atoms. The fourth-order valence-electron chi connectivity index (χ4n) is 2.33. The minimum Gasteiger partial charge on any atom is -0.461 e. The van der Waals surface area contributed by atoms with Crippen LogP contribution in [0, 0.1) is 0 Å². The van der Waals surface area contributed by atoms with Crippen molar-refractivity contribution in [2.24, 2.45) is 0 Å². The van der Waals surface area contributed by atoms with E-state index in [-0.39, 0.29) is 25.4 Å². The number of thiazole rings is 1. The summed E-state index contributed by atoms with van der Waals surface area (Å²) in [7, 11) is -2.10. The number of sulfonamides is 1. The Morgan fingerprint density at radius 2 is 2.04 bits per heavy atom. The van der Waals surface area contributed by atoms with E-state index in [4.69, 9.17) is 9.47 Å². The molecule has 2 aromatic rings. The number of aromatic nitrogens is 1. The van der Waals surface area contributed by atoms with Crippen LogP contribution in [-0.4, -0.2) is 50.5 Å². The number of benzene rings is 1. The van der Waals surface area contributed by atoms with Gasteiger partial charge < -0.3 is 9.47 Å². The van der Waals surface area contributed by atoms with Gasteiger partial charge in [0.15, 0.2) is 5.69 Å². The predicted molar refractivity (Wildman–Crippen MR) is 109 cm³/mol. The summed E-state index contributed by atoms with van der Waals surface area (Å²) < 4.78 is 37.0. The van der Waals surface area contributed by atoms with Crippen LogP contribution in [0.4, 0.5) is 0 Å². The smallest absolute Gasteiger partial charge is 0.357 e. The van der Waals surface area contributed by atoms with E-state index in [9.17, 15) is 13.2 Å². The number of nitrogens with zero attached hydrogens (tertiary/aromatic N) is 2. The standard InChI is InChI=1S/C19H24N2O5S2/c1-3-26-19(22)17-15-27-18(20-17)14-21(11-7-12-25-2)28(23,24)13-10-16-8-5-4-6-9-16/h4-6,8-10,13,15H,3,7,11-12,14H2,1-2H3. The first-order valence-electron chi connectivity index (χ1n) is 8.80. The average Bonchev–Trinajstić information content (AvgIpc) is 3.16. The number of carbonyl (C=O) groups is 1. The molecular formula is C19H24N2O5S2. The zero-order valence-corrected chi connectivity index (χ0v) is 17.5. The number of carbonyl (C=O) groups excluding carboxylic acids is 1. The fraction of sp³-hybridized carbons (Fsp3) is 0.368. The molecule has 0 fully saturated rings. The summed E-state index contributed by atoms with van der Waals surface area (Å²) in [6, 6.07) is 9.21. The van der Waals surface area contributed by atoms with Crippen LogP contribution in [0.5, 0.6) is 0 Å². The topological polar surface area (TPSA) is 85.8 Å². The number of hydrogen-bond acceptors (Lipinski definition) is 7. The number of rotatable bonds is 11. The molecule has 0 radical (unpaired) electrons. The maximum Gasteiger partial charge on any atom is 0.357 e. The van der Waals surface area contributed by atoms with E-state index >= 15 is 0 Å². The van der Waals surface area contributed by atoms with Crippen LogP contribution in [0.1, 0.15) is 34.4 Å². The van der Waals surface area contributed by atoms with Gasteiger partial charge in [0.2, 0.25) is 10.0 Å². The molecule has 1 aromatic heterocycles.